The van der Waals surface area contributed by atoms with Crippen LogP contribution in [0.2, 0.25) is 0 Å². The first-order chi connectivity index (χ1) is 23.2. The number of rotatable bonds is 18. The monoisotopic (exact) mass is 654 g/mol. The van der Waals surface area contributed by atoms with E-state index in [0.29, 0.717) is 17.4 Å². The van der Waals surface area contributed by atoms with Crippen LogP contribution in [0, 0.1) is 0 Å². The Bertz CT molecular complexity index is 1640. The third-order valence-electron chi connectivity index (χ3n) is 9.02. The normalized spacial score (nSPS) is 12.8. The molecule has 0 aliphatic carbocycles. The van der Waals surface area contributed by atoms with Crippen molar-refractivity contribution >= 4 is 56.4 Å². The SMILES string of the molecule is CCN(CC)CCCC(C)Nc1ccnc2cc(NC(=O)C(=O)Nc3ccc4nccc(NC(C)CCCN(CC)CC)c4c3)ccc12. The first kappa shape index (κ1) is 36.6. The van der Waals surface area contributed by atoms with Crippen molar-refractivity contribution in [1.82, 2.24) is 19.8 Å². The fourth-order valence-electron chi connectivity index (χ4n) is 6.07. The van der Waals surface area contributed by atoms with Gasteiger partial charge in [0.25, 0.3) is 0 Å². The summed E-state index contributed by atoms with van der Waals surface area (Å²) in [6, 6.07) is 15.5. The highest BCUT2D eigenvalue weighted by molar-refractivity contribution is 6.43. The van der Waals surface area contributed by atoms with Gasteiger partial charge in [0.1, 0.15) is 0 Å². The molecule has 2 heterocycles. The van der Waals surface area contributed by atoms with E-state index >= 15 is 0 Å². The molecule has 0 aliphatic rings. The highest BCUT2D eigenvalue weighted by atomic mass is 16.2. The molecule has 10 heteroatoms. The van der Waals surface area contributed by atoms with Crippen LogP contribution in [0.1, 0.15) is 67.2 Å². The molecule has 2 unspecified atom stereocenters. The van der Waals surface area contributed by atoms with Gasteiger partial charge in [-0.25, -0.2) is 0 Å². The third kappa shape index (κ3) is 10.4. The van der Waals surface area contributed by atoms with Gasteiger partial charge >= 0.3 is 11.8 Å². The number of nitrogens with one attached hydrogen (secondary N) is 4. The smallest absolute Gasteiger partial charge is 0.314 e. The van der Waals surface area contributed by atoms with Crippen LogP contribution in [0.5, 0.6) is 0 Å². The van der Waals surface area contributed by atoms with E-state index in [1.54, 1.807) is 30.6 Å². The fourth-order valence-corrected chi connectivity index (χ4v) is 6.07. The minimum absolute atomic E-state index is 0.268. The van der Waals surface area contributed by atoms with Gasteiger partial charge in [0.05, 0.1) is 11.0 Å². The average molecular weight is 655 g/mol. The second kappa shape index (κ2) is 18.3. The minimum atomic E-state index is -0.753. The van der Waals surface area contributed by atoms with Gasteiger partial charge in [-0.3, -0.25) is 19.6 Å². The molecule has 2 aromatic heterocycles. The van der Waals surface area contributed by atoms with Crippen molar-refractivity contribution < 1.29 is 9.59 Å². The Balaban J connectivity index is 1.35. The fraction of sp³-hybridized carbons (Fsp3) is 0.474. The Hall–Kier alpha value is -4.28. The maximum absolute atomic E-state index is 13.0. The lowest BCUT2D eigenvalue weighted by molar-refractivity contribution is -0.132. The number of amides is 2. The quantitative estimate of drug-likeness (QED) is 0.0833. The van der Waals surface area contributed by atoms with Crippen LogP contribution in [0.25, 0.3) is 21.8 Å². The van der Waals surface area contributed by atoms with Crippen LogP contribution in [-0.2, 0) is 9.59 Å². The molecule has 0 bridgehead atoms. The van der Waals surface area contributed by atoms with Gasteiger partial charge in [-0.15, -0.1) is 0 Å². The van der Waals surface area contributed by atoms with Gasteiger partial charge in [0.15, 0.2) is 0 Å². The van der Waals surface area contributed by atoms with Crippen LogP contribution < -0.4 is 21.3 Å². The largest absolute Gasteiger partial charge is 0.382 e. The number of carbonyl (C=O) groups excluding carboxylic acids is 2. The van der Waals surface area contributed by atoms with Crippen molar-refractivity contribution in [1.29, 1.82) is 0 Å². The van der Waals surface area contributed by atoms with Crippen molar-refractivity contribution in [2.24, 2.45) is 0 Å². The van der Waals surface area contributed by atoms with Crippen molar-refractivity contribution in [2.75, 3.05) is 60.5 Å². The van der Waals surface area contributed by atoms with Crippen molar-refractivity contribution in [2.45, 2.75) is 79.3 Å². The number of fused-ring (bicyclic) bond motifs is 2. The molecule has 2 atom stereocenters. The van der Waals surface area contributed by atoms with Crippen LogP contribution in [0.4, 0.5) is 22.7 Å². The van der Waals surface area contributed by atoms with Gasteiger partial charge in [0.2, 0.25) is 0 Å². The molecule has 0 spiro atoms. The lowest BCUT2D eigenvalue weighted by Gasteiger charge is -2.21. The van der Waals surface area contributed by atoms with Crippen molar-refractivity contribution in [3.05, 3.63) is 60.9 Å². The summed E-state index contributed by atoms with van der Waals surface area (Å²) in [4.78, 5) is 39.8. The molecule has 48 heavy (non-hydrogen) atoms. The number of benzene rings is 2. The number of hydrogen-bond acceptors (Lipinski definition) is 8. The first-order valence-electron chi connectivity index (χ1n) is 17.6. The maximum Gasteiger partial charge on any atom is 0.314 e. The van der Waals surface area contributed by atoms with Crippen LogP contribution in [0.15, 0.2) is 60.9 Å². The average Bonchev–Trinajstić information content (AvgIpc) is 3.09. The number of hydrogen-bond donors (Lipinski definition) is 4. The summed E-state index contributed by atoms with van der Waals surface area (Å²) in [7, 11) is 0. The Morgan fingerprint density at radius 2 is 1.10 bits per heavy atom. The van der Waals surface area contributed by atoms with E-state index in [0.717, 1.165) is 98.1 Å². The maximum atomic E-state index is 13.0. The van der Waals surface area contributed by atoms with Gasteiger partial charge < -0.3 is 31.1 Å². The van der Waals surface area contributed by atoms with Crippen molar-refractivity contribution in [3.8, 4) is 0 Å². The highest BCUT2D eigenvalue weighted by Gasteiger charge is 2.16. The molecule has 10 nitrogen and oxygen atoms in total. The third-order valence-corrected chi connectivity index (χ3v) is 9.02. The van der Waals surface area contributed by atoms with E-state index in [4.69, 9.17) is 0 Å². The zero-order valence-electron chi connectivity index (χ0n) is 29.6. The predicted molar refractivity (Wildman–Crippen MR) is 201 cm³/mol. The molecular weight excluding hydrogens is 600 g/mol. The summed E-state index contributed by atoms with van der Waals surface area (Å²) in [5.74, 6) is -1.50. The zero-order valence-corrected chi connectivity index (χ0v) is 29.6. The Labute approximate surface area is 286 Å². The van der Waals surface area contributed by atoms with Crippen molar-refractivity contribution in [3.63, 3.8) is 0 Å². The minimum Gasteiger partial charge on any atom is -0.382 e. The number of aromatic nitrogens is 2. The van der Waals surface area contributed by atoms with Crippen LogP contribution >= 0.6 is 0 Å². The number of pyridine rings is 2. The van der Waals surface area contributed by atoms with E-state index in [-0.39, 0.29) is 6.04 Å². The van der Waals surface area contributed by atoms with Gasteiger partial charge in [-0.2, -0.15) is 0 Å². The molecule has 0 aliphatic heterocycles. The molecule has 4 N–H and O–H groups in total. The van der Waals surface area contributed by atoms with E-state index in [9.17, 15) is 9.59 Å². The molecule has 0 fully saturated rings. The summed E-state index contributed by atoms with van der Waals surface area (Å²) in [5, 5.41) is 14.6. The lowest BCUT2D eigenvalue weighted by Crippen LogP contribution is -2.29. The predicted octanol–water partition coefficient (Wildman–Crippen LogP) is 7.21. The van der Waals surface area contributed by atoms with Crippen LogP contribution in [-0.4, -0.2) is 82.9 Å². The first-order valence-corrected chi connectivity index (χ1v) is 17.6. The molecule has 0 radical (unpaired) electrons. The zero-order chi connectivity index (χ0) is 34.5. The summed E-state index contributed by atoms with van der Waals surface area (Å²) < 4.78 is 0. The Kier molecular flexibility index (Phi) is 13.9. The molecular formula is C38H54N8O2. The second-order valence-electron chi connectivity index (χ2n) is 12.5. The molecule has 4 aromatic rings. The lowest BCUT2D eigenvalue weighted by atomic mass is 10.1. The molecule has 2 amide bonds. The molecule has 4 rings (SSSR count). The number of anilines is 4. The topological polar surface area (TPSA) is 115 Å². The summed E-state index contributed by atoms with van der Waals surface area (Å²) >= 11 is 0. The van der Waals surface area contributed by atoms with Gasteiger partial charge in [-0.05, 0) is 127 Å². The molecule has 0 saturated carbocycles. The second-order valence-corrected chi connectivity index (χ2v) is 12.5. The molecule has 258 valence electrons. The molecule has 0 saturated heterocycles. The molecule has 2 aromatic carbocycles. The van der Waals surface area contributed by atoms with Gasteiger partial charge in [0, 0.05) is 58.0 Å². The number of nitrogens with zero attached hydrogens (tertiary/aromatic N) is 4. The Morgan fingerprint density at radius 3 is 1.65 bits per heavy atom. The summed E-state index contributed by atoms with van der Waals surface area (Å²) in [5.41, 5.74) is 4.52. The van der Waals surface area contributed by atoms with E-state index < -0.39 is 11.8 Å². The van der Waals surface area contributed by atoms with Gasteiger partial charge in [-0.1, -0.05) is 27.7 Å². The standard InChI is InChI=1S/C38H54N8O2/c1-7-45(8-2)23-11-13-27(5)41-34-19-22-40-36-26-30(15-17-31(34)36)44-38(48)37(47)43-29-16-18-33-32(25-29)35(20-21-39-33)42-28(6)14-12-24-46(9-3)10-4/h15-22,25-28H,7-14,23-24H2,1-6H3,(H,39,42)(H,40,41)(H,43,47)(H,44,48). The number of carbonyl (C=O) groups is 2. The van der Waals surface area contributed by atoms with E-state index in [2.05, 4.69) is 82.6 Å². The highest BCUT2D eigenvalue weighted by Crippen LogP contribution is 2.27. The Morgan fingerprint density at radius 1 is 0.625 bits per heavy atom. The summed E-state index contributed by atoms with van der Waals surface area (Å²) in [6.45, 7) is 19.6. The van der Waals surface area contributed by atoms with Crippen LogP contribution in [0.3, 0.4) is 0 Å². The van der Waals surface area contributed by atoms with E-state index in [1.807, 2.05) is 30.3 Å². The van der Waals surface area contributed by atoms with E-state index in [1.165, 1.54) is 0 Å². The summed E-state index contributed by atoms with van der Waals surface area (Å²) in [6.07, 6.45) is 7.88.